The van der Waals surface area contributed by atoms with E-state index in [1.165, 1.54) is 0 Å². The van der Waals surface area contributed by atoms with Gasteiger partial charge in [-0.3, -0.25) is 9.59 Å². The van der Waals surface area contributed by atoms with Crippen molar-refractivity contribution in [3.05, 3.63) is 40.4 Å². The zero-order valence-electron chi connectivity index (χ0n) is 13.2. The summed E-state index contributed by atoms with van der Waals surface area (Å²) in [5.41, 5.74) is 0.791. The third kappa shape index (κ3) is 2.32. The Hall–Kier alpha value is -1.95. The molecule has 0 N–H and O–H groups in total. The van der Waals surface area contributed by atoms with Crippen molar-refractivity contribution < 1.29 is 14.3 Å². The van der Waals surface area contributed by atoms with Crippen LogP contribution in [0, 0.1) is 23.7 Å². The van der Waals surface area contributed by atoms with E-state index in [4.69, 9.17) is 4.74 Å². The molecule has 1 aliphatic heterocycles. The summed E-state index contributed by atoms with van der Waals surface area (Å²) in [4.78, 5) is 25.3. The van der Waals surface area contributed by atoms with E-state index in [2.05, 4.69) is 33.2 Å². The van der Waals surface area contributed by atoms with Gasteiger partial charge in [-0.15, -0.1) is 0 Å². The first-order valence-electron chi connectivity index (χ1n) is 8.04. The number of amides is 2. The third-order valence-corrected chi connectivity index (χ3v) is 5.85. The lowest BCUT2D eigenvalue weighted by molar-refractivity contribution is -0.140. The third-order valence-electron chi connectivity index (χ3n) is 5.23. The summed E-state index contributed by atoms with van der Waals surface area (Å²) in [5.74, 6) is 0.329. The second-order valence-electron chi connectivity index (χ2n) is 6.47. The molecule has 2 fully saturated rings. The minimum atomic E-state index is -0.221. The molecular formula is C18H17BrN2O3. The van der Waals surface area contributed by atoms with Crippen molar-refractivity contribution in [3.8, 4) is 5.75 Å². The summed E-state index contributed by atoms with van der Waals surface area (Å²) < 4.78 is 5.99. The number of halogens is 1. The van der Waals surface area contributed by atoms with E-state index in [1.807, 2.05) is 18.2 Å². The maximum absolute atomic E-state index is 12.7. The molecule has 124 valence electrons. The Kier molecular flexibility index (Phi) is 3.79. The molecule has 1 aromatic carbocycles. The van der Waals surface area contributed by atoms with Gasteiger partial charge in [0.25, 0.3) is 11.8 Å². The molecule has 4 atom stereocenters. The van der Waals surface area contributed by atoms with Gasteiger partial charge >= 0.3 is 0 Å². The number of ether oxygens (including phenoxy) is 1. The van der Waals surface area contributed by atoms with Crippen LogP contribution in [-0.2, 0) is 9.59 Å². The van der Waals surface area contributed by atoms with Crippen molar-refractivity contribution in [2.24, 2.45) is 28.8 Å². The van der Waals surface area contributed by atoms with Crippen molar-refractivity contribution in [3.63, 3.8) is 0 Å². The van der Waals surface area contributed by atoms with Crippen LogP contribution >= 0.6 is 15.9 Å². The smallest absolute Gasteiger partial charge is 0.254 e. The van der Waals surface area contributed by atoms with Crippen molar-refractivity contribution in [2.45, 2.75) is 12.8 Å². The molecule has 1 heterocycles. The molecule has 5 rings (SSSR count). The molecule has 2 bridgehead atoms. The highest BCUT2D eigenvalue weighted by molar-refractivity contribution is 9.10. The zero-order valence-corrected chi connectivity index (χ0v) is 14.8. The fourth-order valence-electron chi connectivity index (χ4n) is 4.06. The minimum Gasteiger partial charge on any atom is -0.496 e. The van der Waals surface area contributed by atoms with E-state index < -0.39 is 0 Å². The fourth-order valence-corrected chi connectivity index (χ4v) is 4.62. The molecule has 6 heteroatoms. The zero-order chi connectivity index (χ0) is 16.8. The van der Waals surface area contributed by atoms with Crippen LogP contribution in [0.5, 0.6) is 5.75 Å². The van der Waals surface area contributed by atoms with Gasteiger partial charge in [-0.1, -0.05) is 12.2 Å². The minimum absolute atomic E-state index is 0.159. The number of methoxy groups -OCH3 is 1. The molecular weight excluding hydrogens is 372 g/mol. The molecule has 3 aliphatic carbocycles. The fraction of sp³-hybridized carbons (Fsp3) is 0.389. The topological polar surface area (TPSA) is 59.0 Å². The van der Waals surface area contributed by atoms with Gasteiger partial charge in [0, 0.05) is 0 Å². The number of imide groups is 1. The highest BCUT2D eigenvalue weighted by atomic mass is 79.9. The van der Waals surface area contributed by atoms with E-state index >= 15 is 0 Å². The average molecular weight is 389 g/mol. The van der Waals surface area contributed by atoms with Gasteiger partial charge in [0.05, 0.1) is 29.6 Å². The predicted molar refractivity (Wildman–Crippen MR) is 92.5 cm³/mol. The number of hydrogen-bond donors (Lipinski definition) is 0. The van der Waals surface area contributed by atoms with Crippen LogP contribution in [-0.4, -0.2) is 30.1 Å². The number of allylic oxidation sites excluding steroid dienone is 2. The molecule has 1 saturated carbocycles. The van der Waals surface area contributed by atoms with Gasteiger partial charge in [0.2, 0.25) is 0 Å². The molecule has 1 saturated heterocycles. The van der Waals surface area contributed by atoms with E-state index in [1.54, 1.807) is 13.3 Å². The van der Waals surface area contributed by atoms with Crippen molar-refractivity contribution in [1.82, 2.24) is 5.01 Å². The molecule has 4 aliphatic rings. The Morgan fingerprint density at radius 2 is 1.79 bits per heavy atom. The lowest BCUT2D eigenvalue weighted by atomic mass is 9.63. The maximum Gasteiger partial charge on any atom is 0.254 e. The number of rotatable bonds is 3. The number of hydrazone groups is 1. The van der Waals surface area contributed by atoms with E-state index in [9.17, 15) is 9.59 Å². The summed E-state index contributed by atoms with van der Waals surface area (Å²) in [6.07, 6.45) is 7.74. The highest BCUT2D eigenvalue weighted by Gasteiger charge is 2.56. The number of nitrogens with zero attached hydrogens (tertiary/aromatic N) is 2. The number of fused-ring (bicyclic) bond motifs is 1. The monoisotopic (exact) mass is 388 g/mol. The molecule has 1 aromatic rings. The van der Waals surface area contributed by atoms with E-state index in [0.717, 1.165) is 27.9 Å². The summed E-state index contributed by atoms with van der Waals surface area (Å²) in [6.45, 7) is 0. The van der Waals surface area contributed by atoms with Crippen molar-refractivity contribution in [2.75, 3.05) is 7.11 Å². The Morgan fingerprint density at radius 1 is 1.17 bits per heavy atom. The first-order chi connectivity index (χ1) is 11.6. The van der Waals surface area contributed by atoms with Gasteiger partial charge in [0.1, 0.15) is 5.75 Å². The van der Waals surface area contributed by atoms with Crippen molar-refractivity contribution >= 4 is 34.0 Å². The second-order valence-corrected chi connectivity index (χ2v) is 7.32. The Balaban J connectivity index is 1.58. The van der Waals surface area contributed by atoms with E-state index in [0.29, 0.717) is 5.75 Å². The van der Waals surface area contributed by atoms with Gasteiger partial charge in [-0.05, 0) is 64.4 Å². The Labute approximate surface area is 148 Å². The molecule has 0 radical (unpaired) electrons. The van der Waals surface area contributed by atoms with Gasteiger partial charge in [-0.25, -0.2) is 0 Å². The first kappa shape index (κ1) is 15.6. The summed E-state index contributed by atoms with van der Waals surface area (Å²) in [7, 11) is 1.60. The van der Waals surface area contributed by atoms with Crippen LogP contribution in [0.3, 0.4) is 0 Å². The molecule has 5 nitrogen and oxygen atoms in total. The number of hydrogen-bond acceptors (Lipinski definition) is 4. The number of carbonyl (C=O) groups excluding carboxylic acids is 2. The SMILES string of the molecule is COc1ccc(/C=N\N2C(=O)[C@@H]3[C@H](C2=O)[C@@H]2C=C[C@H]3CC2)cc1Br. The standard InChI is InChI=1S/C18H17BrN2O3/c1-24-14-7-2-10(8-13(14)19)9-20-21-17(22)15-11-3-4-12(6-5-11)16(15)18(21)23/h2-4,7-9,11-12,15-16H,5-6H2,1H3/b20-9-/t11-,12+,15-,16+. The van der Waals surface area contributed by atoms with Gasteiger partial charge in [-0.2, -0.15) is 10.1 Å². The normalized spacial score (nSPS) is 31.2. The summed E-state index contributed by atoms with van der Waals surface area (Å²) in [6, 6.07) is 5.48. The molecule has 24 heavy (non-hydrogen) atoms. The van der Waals surface area contributed by atoms with Crippen molar-refractivity contribution in [1.29, 1.82) is 0 Å². The Bertz CT molecular complexity index is 742. The summed E-state index contributed by atoms with van der Waals surface area (Å²) >= 11 is 3.42. The second kappa shape index (κ2) is 5.84. The molecule has 2 amide bonds. The van der Waals surface area contributed by atoms with E-state index in [-0.39, 0.29) is 35.5 Å². The number of carbonyl (C=O) groups is 2. The number of benzene rings is 1. The van der Waals surface area contributed by atoms with Crippen LogP contribution in [0.4, 0.5) is 0 Å². The lowest BCUT2D eigenvalue weighted by Gasteiger charge is -2.37. The van der Waals surface area contributed by atoms with Crippen LogP contribution in [0.15, 0.2) is 39.9 Å². The molecule has 0 aromatic heterocycles. The molecule has 0 spiro atoms. The maximum atomic E-state index is 12.7. The Morgan fingerprint density at radius 3 is 2.29 bits per heavy atom. The average Bonchev–Trinajstić information content (AvgIpc) is 2.87. The molecule has 0 unspecified atom stereocenters. The summed E-state index contributed by atoms with van der Waals surface area (Å²) in [5, 5.41) is 5.27. The van der Waals surface area contributed by atoms with Crippen LogP contribution in [0.2, 0.25) is 0 Å². The van der Waals surface area contributed by atoms with Gasteiger partial charge < -0.3 is 4.74 Å². The van der Waals surface area contributed by atoms with Crippen LogP contribution in [0.1, 0.15) is 18.4 Å². The highest BCUT2D eigenvalue weighted by Crippen LogP contribution is 2.49. The van der Waals surface area contributed by atoms with Crippen LogP contribution < -0.4 is 4.74 Å². The largest absolute Gasteiger partial charge is 0.496 e. The van der Waals surface area contributed by atoms with Crippen LogP contribution in [0.25, 0.3) is 0 Å². The lowest BCUT2D eigenvalue weighted by Crippen LogP contribution is -2.38. The quantitative estimate of drug-likeness (QED) is 0.454. The first-order valence-corrected chi connectivity index (χ1v) is 8.83. The predicted octanol–water partition coefficient (Wildman–Crippen LogP) is 2.99. The van der Waals surface area contributed by atoms with Gasteiger partial charge in [0.15, 0.2) is 0 Å².